The molecule has 1 N–H and O–H groups in total. The summed E-state index contributed by atoms with van der Waals surface area (Å²) >= 11 is 0. The summed E-state index contributed by atoms with van der Waals surface area (Å²) in [5.74, 6) is 0. The number of rotatable bonds is 2. The first kappa shape index (κ1) is 13.0. The Morgan fingerprint density at radius 3 is 2.57 bits per heavy atom. The maximum atomic E-state index is 12.4. The van der Waals surface area contributed by atoms with Crippen LogP contribution in [-0.4, -0.2) is 18.8 Å². The summed E-state index contributed by atoms with van der Waals surface area (Å²) in [4.78, 5) is 0. The summed E-state index contributed by atoms with van der Waals surface area (Å²) in [5, 5.41) is 0. The topological polar surface area (TPSA) is 49.4 Å². The van der Waals surface area contributed by atoms with Crippen LogP contribution in [0, 0.1) is 0 Å². The number of benzene rings is 2. The minimum absolute atomic E-state index is 0.0207. The molecule has 4 nitrogen and oxygen atoms in total. The molecule has 108 valence electrons. The largest absolute Gasteiger partial charge is 0.280 e. The van der Waals surface area contributed by atoms with Crippen LogP contribution in [0.3, 0.4) is 0 Å². The van der Waals surface area contributed by atoms with E-state index in [2.05, 4.69) is 10.8 Å². The van der Waals surface area contributed by atoms with Crippen LogP contribution < -0.4 is 4.72 Å². The van der Waals surface area contributed by atoms with Crippen LogP contribution in [0.25, 0.3) is 0 Å². The van der Waals surface area contributed by atoms with E-state index >= 15 is 0 Å². The lowest BCUT2D eigenvalue weighted by molar-refractivity contribution is 0.325. The van der Waals surface area contributed by atoms with Gasteiger partial charge in [-0.2, -0.15) is 17.4 Å². The Bertz CT molecular complexity index is 774. The SMILES string of the molecule is O=S1(=O)N[C@@H]2c3ccccc3C[C@@H]2N1Cc1ccccc1. The molecule has 0 radical (unpaired) electrons. The fourth-order valence-electron chi connectivity index (χ4n) is 3.36. The van der Waals surface area contributed by atoms with Crippen LogP contribution >= 0.6 is 0 Å². The number of hydrogen-bond acceptors (Lipinski definition) is 2. The van der Waals surface area contributed by atoms with Gasteiger partial charge >= 0.3 is 0 Å². The molecule has 1 aliphatic heterocycles. The van der Waals surface area contributed by atoms with Gasteiger partial charge in [0, 0.05) is 6.54 Å². The Hall–Kier alpha value is -1.69. The Labute approximate surface area is 124 Å². The van der Waals surface area contributed by atoms with Gasteiger partial charge in [-0.25, -0.2) is 0 Å². The molecule has 2 aromatic rings. The van der Waals surface area contributed by atoms with E-state index in [9.17, 15) is 8.42 Å². The minimum Gasteiger partial charge on any atom is -0.195 e. The van der Waals surface area contributed by atoms with Crippen molar-refractivity contribution in [1.29, 1.82) is 0 Å². The van der Waals surface area contributed by atoms with Crippen molar-refractivity contribution < 1.29 is 8.42 Å². The van der Waals surface area contributed by atoms with Crippen molar-refractivity contribution in [2.75, 3.05) is 0 Å². The molecule has 1 fully saturated rings. The summed E-state index contributed by atoms with van der Waals surface area (Å²) in [6.07, 6.45) is 0.778. The molecule has 0 unspecified atom stereocenters. The van der Waals surface area contributed by atoms with Crippen molar-refractivity contribution in [2.24, 2.45) is 0 Å². The van der Waals surface area contributed by atoms with Gasteiger partial charge in [0.1, 0.15) is 0 Å². The van der Waals surface area contributed by atoms with Crippen LogP contribution in [0.2, 0.25) is 0 Å². The van der Waals surface area contributed by atoms with Crippen molar-refractivity contribution in [3.63, 3.8) is 0 Å². The third kappa shape index (κ3) is 2.09. The molecular formula is C16H16N2O2S. The molecule has 21 heavy (non-hydrogen) atoms. The summed E-state index contributed by atoms with van der Waals surface area (Å²) in [7, 11) is -3.40. The van der Waals surface area contributed by atoms with Gasteiger partial charge in [0.2, 0.25) is 0 Å². The Kier molecular flexibility index (Phi) is 2.89. The summed E-state index contributed by atoms with van der Waals surface area (Å²) in [6, 6.07) is 17.7. The highest BCUT2D eigenvalue weighted by Gasteiger charge is 2.48. The fourth-order valence-corrected chi connectivity index (χ4v) is 4.97. The van der Waals surface area contributed by atoms with Crippen LogP contribution in [-0.2, 0) is 23.2 Å². The number of nitrogens with one attached hydrogen (secondary N) is 1. The smallest absolute Gasteiger partial charge is 0.195 e. The number of hydrogen-bond donors (Lipinski definition) is 1. The highest BCUT2D eigenvalue weighted by Crippen LogP contribution is 2.40. The Morgan fingerprint density at radius 1 is 1.05 bits per heavy atom. The lowest BCUT2D eigenvalue weighted by Crippen LogP contribution is -2.34. The van der Waals surface area contributed by atoms with Crippen LogP contribution in [0.4, 0.5) is 0 Å². The molecule has 2 aromatic carbocycles. The van der Waals surface area contributed by atoms with E-state index in [0.717, 1.165) is 17.5 Å². The normalized spacial score (nSPS) is 26.5. The van der Waals surface area contributed by atoms with Gasteiger partial charge in [-0.15, -0.1) is 0 Å². The van der Waals surface area contributed by atoms with Crippen LogP contribution in [0.1, 0.15) is 22.7 Å². The summed E-state index contributed by atoms with van der Waals surface area (Å²) in [5.41, 5.74) is 3.37. The first-order valence-corrected chi connectivity index (χ1v) is 8.50. The first-order valence-electron chi connectivity index (χ1n) is 7.06. The lowest BCUT2D eigenvalue weighted by atomic mass is 10.1. The van der Waals surface area contributed by atoms with Crippen molar-refractivity contribution >= 4 is 10.2 Å². The van der Waals surface area contributed by atoms with Crippen molar-refractivity contribution in [1.82, 2.24) is 9.03 Å². The fraction of sp³-hybridized carbons (Fsp3) is 0.250. The molecule has 4 rings (SSSR count). The van der Waals surface area contributed by atoms with Gasteiger partial charge in [0.05, 0.1) is 12.1 Å². The molecule has 0 spiro atoms. The average Bonchev–Trinajstić information content (AvgIpc) is 2.94. The van der Waals surface area contributed by atoms with E-state index in [-0.39, 0.29) is 12.1 Å². The maximum absolute atomic E-state index is 12.4. The van der Waals surface area contributed by atoms with Crippen molar-refractivity contribution in [3.05, 3.63) is 71.3 Å². The average molecular weight is 300 g/mol. The van der Waals surface area contributed by atoms with Crippen LogP contribution in [0.15, 0.2) is 54.6 Å². The van der Waals surface area contributed by atoms with Gasteiger partial charge in [0.15, 0.2) is 0 Å². The third-order valence-corrected chi connectivity index (χ3v) is 5.91. The standard InChI is InChI=1S/C16H16N2O2S/c19-21(20)17-16-14-9-5-4-8-13(14)10-15(16)18(21)11-12-6-2-1-3-7-12/h1-9,15-17H,10-11H2/t15-,16+/m0/s1. The zero-order valence-electron chi connectivity index (χ0n) is 11.4. The maximum Gasteiger partial charge on any atom is 0.280 e. The molecule has 0 bridgehead atoms. The zero-order valence-corrected chi connectivity index (χ0v) is 12.3. The van der Waals surface area contributed by atoms with Gasteiger partial charge in [-0.05, 0) is 23.1 Å². The molecular weight excluding hydrogens is 284 g/mol. The molecule has 0 amide bonds. The second-order valence-corrected chi connectivity index (χ2v) is 7.26. The van der Waals surface area contributed by atoms with Gasteiger partial charge in [0.25, 0.3) is 10.2 Å². The van der Waals surface area contributed by atoms with Gasteiger partial charge in [-0.3, -0.25) is 0 Å². The quantitative estimate of drug-likeness (QED) is 0.922. The Morgan fingerprint density at radius 2 is 1.76 bits per heavy atom. The molecule has 0 aromatic heterocycles. The summed E-state index contributed by atoms with van der Waals surface area (Å²) in [6.45, 7) is 0.422. The van der Waals surface area contributed by atoms with E-state index in [1.807, 2.05) is 48.5 Å². The summed E-state index contributed by atoms with van der Waals surface area (Å²) < 4.78 is 29.2. The van der Waals surface area contributed by atoms with E-state index in [0.29, 0.717) is 6.54 Å². The monoisotopic (exact) mass is 300 g/mol. The van der Waals surface area contributed by atoms with E-state index in [1.165, 1.54) is 5.56 Å². The molecule has 2 atom stereocenters. The molecule has 1 saturated heterocycles. The van der Waals surface area contributed by atoms with Crippen LogP contribution in [0.5, 0.6) is 0 Å². The van der Waals surface area contributed by atoms with E-state index in [4.69, 9.17) is 0 Å². The lowest BCUT2D eigenvalue weighted by Gasteiger charge is -2.20. The molecule has 1 heterocycles. The van der Waals surface area contributed by atoms with E-state index in [1.54, 1.807) is 4.31 Å². The second kappa shape index (κ2) is 4.66. The molecule has 2 aliphatic rings. The van der Waals surface area contributed by atoms with E-state index < -0.39 is 10.2 Å². The van der Waals surface area contributed by atoms with Crippen molar-refractivity contribution in [2.45, 2.75) is 25.0 Å². The second-order valence-electron chi connectivity index (χ2n) is 5.60. The highest BCUT2D eigenvalue weighted by atomic mass is 32.2. The molecule has 5 heteroatoms. The molecule has 0 saturated carbocycles. The highest BCUT2D eigenvalue weighted by molar-refractivity contribution is 7.87. The third-order valence-electron chi connectivity index (χ3n) is 4.34. The first-order chi connectivity index (χ1) is 10.1. The number of fused-ring (bicyclic) bond motifs is 3. The van der Waals surface area contributed by atoms with Crippen molar-refractivity contribution in [3.8, 4) is 0 Å². The number of nitrogens with zero attached hydrogens (tertiary/aromatic N) is 1. The van der Waals surface area contributed by atoms with Gasteiger partial charge < -0.3 is 0 Å². The zero-order chi connectivity index (χ0) is 14.4. The predicted octanol–water partition coefficient (Wildman–Crippen LogP) is 2.00. The van der Waals surface area contributed by atoms with Gasteiger partial charge in [-0.1, -0.05) is 54.6 Å². The Balaban J connectivity index is 1.69. The predicted molar refractivity (Wildman–Crippen MR) is 80.7 cm³/mol. The minimum atomic E-state index is -3.40. The molecule has 1 aliphatic carbocycles.